The summed E-state index contributed by atoms with van der Waals surface area (Å²) in [5.74, 6) is 2.00. The van der Waals surface area contributed by atoms with E-state index in [0.29, 0.717) is 25.2 Å². The summed E-state index contributed by atoms with van der Waals surface area (Å²) in [5, 5.41) is 3.21. The van der Waals surface area contributed by atoms with Crippen LogP contribution in [0.3, 0.4) is 0 Å². The van der Waals surface area contributed by atoms with Crippen molar-refractivity contribution in [2.75, 3.05) is 13.2 Å². The highest BCUT2D eigenvalue weighted by molar-refractivity contribution is 5.78. The van der Waals surface area contributed by atoms with E-state index in [1.165, 1.54) is 12.8 Å². The Hall–Kier alpha value is -1.78. The van der Waals surface area contributed by atoms with E-state index in [1.54, 1.807) is 12.4 Å². The van der Waals surface area contributed by atoms with E-state index in [0.717, 1.165) is 18.1 Å². The predicted molar refractivity (Wildman–Crippen MR) is 87.5 cm³/mol. The molecule has 1 atom stereocenters. The Labute approximate surface area is 128 Å². The first-order chi connectivity index (χ1) is 10.1. The molecule has 1 aromatic heterocycles. The predicted octanol–water partition coefficient (Wildman–Crippen LogP) is 2.58. The topological polar surface area (TPSA) is 72.5 Å². The monoisotopic (exact) mass is 292 g/mol. The van der Waals surface area contributed by atoms with Gasteiger partial charge in [0.25, 0.3) is 0 Å². The molecule has 5 heteroatoms. The summed E-state index contributed by atoms with van der Waals surface area (Å²) in [7, 11) is 0. The van der Waals surface area contributed by atoms with Gasteiger partial charge in [-0.3, -0.25) is 4.98 Å². The van der Waals surface area contributed by atoms with Crippen LogP contribution in [0, 0.1) is 5.92 Å². The first kappa shape index (κ1) is 17.3. The minimum Gasteiger partial charge on any atom is -0.490 e. The third-order valence-corrected chi connectivity index (χ3v) is 3.09. The second-order valence-electron chi connectivity index (χ2n) is 5.67. The van der Waals surface area contributed by atoms with Crippen LogP contribution in [-0.2, 0) is 0 Å². The molecule has 0 aromatic carbocycles. The van der Waals surface area contributed by atoms with Crippen molar-refractivity contribution in [3.8, 4) is 5.75 Å². The molecule has 118 valence electrons. The van der Waals surface area contributed by atoms with Crippen LogP contribution in [0.4, 0.5) is 0 Å². The molecule has 1 rings (SSSR count). The second-order valence-corrected chi connectivity index (χ2v) is 5.67. The van der Waals surface area contributed by atoms with Gasteiger partial charge in [-0.1, -0.05) is 26.7 Å². The maximum absolute atomic E-state index is 5.86. The largest absolute Gasteiger partial charge is 0.490 e. The third kappa shape index (κ3) is 8.89. The molecular formula is C16H28N4O. The van der Waals surface area contributed by atoms with Crippen LogP contribution in [0.15, 0.2) is 29.5 Å². The summed E-state index contributed by atoms with van der Waals surface area (Å²) in [6.07, 6.45) is 6.97. The van der Waals surface area contributed by atoms with Gasteiger partial charge in [-0.25, -0.2) is 4.99 Å². The SMILES string of the molecule is CC(C)CCCC(C)NC(N)=NCCOc1cccnc1. The van der Waals surface area contributed by atoms with E-state index in [2.05, 4.69) is 36.1 Å². The van der Waals surface area contributed by atoms with Gasteiger partial charge in [-0.15, -0.1) is 0 Å². The molecule has 0 aliphatic carbocycles. The van der Waals surface area contributed by atoms with Crippen LogP contribution in [0.5, 0.6) is 5.75 Å². The number of rotatable bonds is 9. The van der Waals surface area contributed by atoms with Gasteiger partial charge < -0.3 is 15.8 Å². The number of hydrogen-bond donors (Lipinski definition) is 2. The van der Waals surface area contributed by atoms with E-state index in [-0.39, 0.29) is 0 Å². The van der Waals surface area contributed by atoms with Crippen LogP contribution in [0.2, 0.25) is 0 Å². The fourth-order valence-corrected chi connectivity index (χ4v) is 1.96. The number of nitrogens with two attached hydrogens (primary N) is 1. The van der Waals surface area contributed by atoms with Crippen molar-refractivity contribution in [1.29, 1.82) is 0 Å². The summed E-state index contributed by atoms with van der Waals surface area (Å²) in [5.41, 5.74) is 5.86. The Bertz CT molecular complexity index is 406. The summed E-state index contributed by atoms with van der Waals surface area (Å²) >= 11 is 0. The highest BCUT2D eigenvalue weighted by Crippen LogP contribution is 2.08. The van der Waals surface area contributed by atoms with Gasteiger partial charge in [0, 0.05) is 12.2 Å². The molecule has 5 nitrogen and oxygen atoms in total. The highest BCUT2D eigenvalue weighted by Gasteiger charge is 2.03. The maximum Gasteiger partial charge on any atom is 0.188 e. The lowest BCUT2D eigenvalue weighted by molar-refractivity contribution is 0.327. The van der Waals surface area contributed by atoms with Crippen molar-refractivity contribution < 1.29 is 4.74 Å². The summed E-state index contributed by atoms with van der Waals surface area (Å²) < 4.78 is 5.50. The molecule has 0 saturated carbocycles. The molecule has 21 heavy (non-hydrogen) atoms. The quantitative estimate of drug-likeness (QED) is 0.417. The smallest absolute Gasteiger partial charge is 0.188 e. The maximum atomic E-state index is 5.86. The van der Waals surface area contributed by atoms with Crippen LogP contribution in [-0.4, -0.2) is 30.1 Å². The zero-order valence-corrected chi connectivity index (χ0v) is 13.4. The molecule has 1 heterocycles. The summed E-state index contributed by atoms with van der Waals surface area (Å²) in [4.78, 5) is 8.24. The van der Waals surface area contributed by atoms with Crippen LogP contribution in [0.1, 0.15) is 40.0 Å². The molecule has 1 aromatic rings. The lowest BCUT2D eigenvalue weighted by atomic mass is 10.0. The zero-order chi connectivity index (χ0) is 15.5. The van der Waals surface area contributed by atoms with E-state index in [4.69, 9.17) is 10.5 Å². The van der Waals surface area contributed by atoms with Crippen molar-refractivity contribution in [2.24, 2.45) is 16.6 Å². The average molecular weight is 292 g/mol. The molecular weight excluding hydrogens is 264 g/mol. The highest BCUT2D eigenvalue weighted by atomic mass is 16.5. The van der Waals surface area contributed by atoms with E-state index in [9.17, 15) is 0 Å². The normalized spacial score (nSPS) is 13.2. The fraction of sp³-hybridized carbons (Fsp3) is 0.625. The number of aliphatic imine (C=N–C) groups is 1. The van der Waals surface area contributed by atoms with Crippen molar-refractivity contribution in [3.05, 3.63) is 24.5 Å². The molecule has 0 fully saturated rings. The first-order valence-electron chi connectivity index (χ1n) is 7.67. The molecule has 0 bridgehead atoms. The number of aromatic nitrogens is 1. The zero-order valence-electron chi connectivity index (χ0n) is 13.4. The lowest BCUT2D eigenvalue weighted by Gasteiger charge is -2.15. The Morgan fingerprint density at radius 3 is 2.86 bits per heavy atom. The van der Waals surface area contributed by atoms with E-state index in [1.807, 2.05) is 12.1 Å². The van der Waals surface area contributed by atoms with Gasteiger partial charge in [-0.2, -0.15) is 0 Å². The molecule has 0 aliphatic heterocycles. The van der Waals surface area contributed by atoms with Crippen molar-refractivity contribution in [1.82, 2.24) is 10.3 Å². The average Bonchev–Trinajstić information content (AvgIpc) is 2.44. The molecule has 0 aliphatic rings. The number of nitrogens with zero attached hydrogens (tertiary/aromatic N) is 2. The third-order valence-electron chi connectivity index (χ3n) is 3.09. The lowest BCUT2D eigenvalue weighted by Crippen LogP contribution is -2.38. The van der Waals surface area contributed by atoms with Gasteiger partial charge in [0.2, 0.25) is 0 Å². The Balaban J connectivity index is 2.14. The van der Waals surface area contributed by atoms with Gasteiger partial charge in [0.05, 0.1) is 12.7 Å². The molecule has 0 radical (unpaired) electrons. The van der Waals surface area contributed by atoms with Gasteiger partial charge in [0.15, 0.2) is 5.96 Å². The molecule has 0 spiro atoms. The first-order valence-corrected chi connectivity index (χ1v) is 7.67. The molecule has 0 amide bonds. The van der Waals surface area contributed by atoms with E-state index < -0.39 is 0 Å². The standard InChI is InChI=1S/C16H28N4O/c1-13(2)6-4-7-14(3)20-16(17)19-10-11-21-15-8-5-9-18-12-15/h5,8-9,12-14H,4,6-7,10-11H2,1-3H3,(H3,17,19,20). The fourth-order valence-electron chi connectivity index (χ4n) is 1.96. The van der Waals surface area contributed by atoms with Gasteiger partial charge >= 0.3 is 0 Å². The van der Waals surface area contributed by atoms with Crippen LogP contribution < -0.4 is 15.8 Å². The van der Waals surface area contributed by atoms with Crippen molar-refractivity contribution in [3.63, 3.8) is 0 Å². The minimum atomic E-state index is 0.353. The Morgan fingerprint density at radius 1 is 1.38 bits per heavy atom. The van der Waals surface area contributed by atoms with E-state index >= 15 is 0 Å². The van der Waals surface area contributed by atoms with Crippen molar-refractivity contribution in [2.45, 2.75) is 46.1 Å². The Kier molecular flexibility index (Phi) is 8.24. The Morgan fingerprint density at radius 2 is 2.19 bits per heavy atom. The summed E-state index contributed by atoms with van der Waals surface area (Å²) in [6.45, 7) is 7.66. The number of nitrogens with one attached hydrogen (secondary N) is 1. The summed E-state index contributed by atoms with van der Waals surface area (Å²) in [6, 6.07) is 4.06. The molecule has 0 saturated heterocycles. The number of ether oxygens (including phenoxy) is 1. The van der Waals surface area contributed by atoms with Gasteiger partial charge in [-0.05, 0) is 31.4 Å². The van der Waals surface area contributed by atoms with Crippen molar-refractivity contribution >= 4 is 5.96 Å². The minimum absolute atomic E-state index is 0.353. The number of hydrogen-bond acceptors (Lipinski definition) is 3. The molecule has 3 N–H and O–H groups in total. The van der Waals surface area contributed by atoms with Crippen LogP contribution in [0.25, 0.3) is 0 Å². The van der Waals surface area contributed by atoms with Gasteiger partial charge in [0.1, 0.15) is 12.4 Å². The second kappa shape index (κ2) is 10.0. The van der Waals surface area contributed by atoms with Crippen LogP contribution >= 0.6 is 0 Å². The number of pyridine rings is 1. The number of guanidine groups is 1. The molecule has 1 unspecified atom stereocenters.